The van der Waals surface area contributed by atoms with E-state index in [1.165, 1.54) is 12.1 Å². The van der Waals surface area contributed by atoms with Gasteiger partial charge in [-0.15, -0.1) is 0 Å². The van der Waals surface area contributed by atoms with Crippen LogP contribution in [0.4, 0.5) is 10.1 Å². The van der Waals surface area contributed by atoms with Crippen LogP contribution in [-0.2, 0) is 9.53 Å². The van der Waals surface area contributed by atoms with Crippen molar-refractivity contribution in [1.29, 1.82) is 5.26 Å². The van der Waals surface area contributed by atoms with E-state index in [1.807, 2.05) is 6.07 Å². The average Bonchev–Trinajstić information content (AvgIpc) is 2.41. The molecule has 20 heavy (non-hydrogen) atoms. The zero-order valence-electron chi connectivity index (χ0n) is 10.5. The second kappa shape index (κ2) is 6.20. The molecule has 2 rings (SSSR count). The van der Waals surface area contributed by atoms with Crippen LogP contribution in [-0.4, -0.2) is 36.9 Å². The summed E-state index contributed by atoms with van der Waals surface area (Å²) in [7, 11) is 0. The highest BCUT2D eigenvalue weighted by Crippen LogP contribution is 2.30. The van der Waals surface area contributed by atoms with Crippen molar-refractivity contribution in [2.45, 2.75) is 12.5 Å². The monoisotopic (exact) mass is 342 g/mol. The predicted molar refractivity (Wildman–Crippen MR) is 73.0 cm³/mol. The second-order valence-corrected chi connectivity index (χ2v) is 5.20. The van der Waals surface area contributed by atoms with Crippen LogP contribution in [0.5, 0.6) is 0 Å². The highest BCUT2D eigenvalue weighted by molar-refractivity contribution is 9.10. The van der Waals surface area contributed by atoms with Gasteiger partial charge in [0.05, 0.1) is 34.9 Å². The summed E-state index contributed by atoms with van der Waals surface area (Å²) in [5, 5.41) is 17.6. The number of nitrogens with zero attached hydrogens (tertiary/aromatic N) is 2. The summed E-state index contributed by atoms with van der Waals surface area (Å²) in [6.45, 7) is 1.13. The van der Waals surface area contributed by atoms with E-state index in [-0.39, 0.29) is 16.5 Å². The first kappa shape index (κ1) is 14.8. The van der Waals surface area contributed by atoms with Gasteiger partial charge in [0, 0.05) is 13.1 Å². The summed E-state index contributed by atoms with van der Waals surface area (Å²) in [4.78, 5) is 12.4. The van der Waals surface area contributed by atoms with E-state index in [0.717, 1.165) is 0 Å². The molecule has 1 aliphatic heterocycles. The molecule has 0 amide bonds. The van der Waals surface area contributed by atoms with Crippen molar-refractivity contribution >= 4 is 27.6 Å². The normalized spacial score (nSPS) is 18.6. The molecule has 0 spiro atoms. The lowest BCUT2D eigenvalue weighted by Gasteiger charge is -2.34. The lowest BCUT2D eigenvalue weighted by Crippen LogP contribution is -2.43. The molecule has 1 aromatic rings. The van der Waals surface area contributed by atoms with Crippen molar-refractivity contribution in [3.8, 4) is 6.07 Å². The van der Waals surface area contributed by atoms with Gasteiger partial charge in [0.1, 0.15) is 6.07 Å². The third kappa shape index (κ3) is 3.08. The number of morpholine rings is 1. The van der Waals surface area contributed by atoms with Crippen molar-refractivity contribution in [3.05, 3.63) is 28.0 Å². The maximum Gasteiger partial charge on any atom is 0.306 e. The van der Waals surface area contributed by atoms with Gasteiger partial charge in [0.2, 0.25) is 0 Å². The molecule has 0 aromatic heterocycles. The fourth-order valence-electron chi connectivity index (χ4n) is 2.13. The Kier molecular flexibility index (Phi) is 4.57. The quantitative estimate of drug-likeness (QED) is 0.910. The van der Waals surface area contributed by atoms with Gasteiger partial charge in [0.25, 0.3) is 0 Å². The Morgan fingerprint density at radius 1 is 1.65 bits per heavy atom. The minimum Gasteiger partial charge on any atom is -0.481 e. The Morgan fingerprint density at radius 2 is 2.40 bits per heavy atom. The van der Waals surface area contributed by atoms with E-state index < -0.39 is 17.9 Å². The number of aliphatic carboxylic acids is 1. The van der Waals surface area contributed by atoms with Crippen molar-refractivity contribution in [2.75, 3.05) is 24.6 Å². The Bertz CT molecular complexity index is 573. The summed E-state index contributed by atoms with van der Waals surface area (Å²) in [6, 6.07) is 4.95. The van der Waals surface area contributed by atoms with Crippen molar-refractivity contribution < 1.29 is 19.0 Å². The summed E-state index contributed by atoms with van der Waals surface area (Å²) in [6.07, 6.45) is -0.578. The molecular formula is C13H12BrFN2O3. The molecule has 1 aliphatic rings. The molecular weight excluding hydrogens is 331 g/mol. The molecule has 0 bridgehead atoms. The Balaban J connectivity index is 2.21. The topological polar surface area (TPSA) is 73.6 Å². The van der Waals surface area contributed by atoms with Crippen molar-refractivity contribution in [3.63, 3.8) is 0 Å². The van der Waals surface area contributed by atoms with Gasteiger partial charge in [-0.25, -0.2) is 4.39 Å². The average molecular weight is 343 g/mol. The largest absolute Gasteiger partial charge is 0.481 e. The Hall–Kier alpha value is -1.65. The predicted octanol–water partition coefficient (Wildman–Crippen LogP) is 2.14. The molecule has 0 aliphatic carbocycles. The minimum atomic E-state index is -0.946. The van der Waals surface area contributed by atoms with Gasteiger partial charge >= 0.3 is 5.97 Å². The smallest absolute Gasteiger partial charge is 0.306 e. The molecule has 7 heteroatoms. The van der Waals surface area contributed by atoms with E-state index in [9.17, 15) is 9.18 Å². The van der Waals surface area contributed by atoms with E-state index in [0.29, 0.717) is 25.4 Å². The molecule has 106 valence electrons. The van der Waals surface area contributed by atoms with Crippen LogP contribution >= 0.6 is 15.9 Å². The van der Waals surface area contributed by atoms with E-state index in [1.54, 1.807) is 4.90 Å². The summed E-state index contributed by atoms with van der Waals surface area (Å²) >= 11 is 3.06. The van der Waals surface area contributed by atoms with Crippen molar-refractivity contribution in [1.82, 2.24) is 0 Å². The molecule has 1 unspecified atom stereocenters. The van der Waals surface area contributed by atoms with Crippen LogP contribution in [0, 0.1) is 17.1 Å². The fraction of sp³-hybridized carbons (Fsp3) is 0.385. The van der Waals surface area contributed by atoms with E-state index in [4.69, 9.17) is 15.1 Å². The van der Waals surface area contributed by atoms with Gasteiger partial charge in [-0.1, -0.05) is 0 Å². The molecule has 0 radical (unpaired) electrons. The molecule has 0 saturated carbocycles. The molecule has 1 heterocycles. The van der Waals surface area contributed by atoms with Crippen LogP contribution in [0.25, 0.3) is 0 Å². The van der Waals surface area contributed by atoms with Gasteiger partial charge in [-0.2, -0.15) is 5.26 Å². The van der Waals surface area contributed by atoms with Crippen LogP contribution in [0.3, 0.4) is 0 Å². The lowest BCUT2D eigenvalue weighted by atomic mass is 10.1. The van der Waals surface area contributed by atoms with Gasteiger partial charge in [-0.3, -0.25) is 4.79 Å². The van der Waals surface area contributed by atoms with Crippen LogP contribution in [0.1, 0.15) is 12.0 Å². The molecule has 1 atom stereocenters. The number of hydrogen-bond acceptors (Lipinski definition) is 4. The minimum absolute atomic E-state index is 0.116. The molecule has 1 aromatic carbocycles. The van der Waals surface area contributed by atoms with Crippen LogP contribution in [0.15, 0.2) is 16.6 Å². The number of ether oxygens (including phenoxy) is 1. The van der Waals surface area contributed by atoms with Crippen LogP contribution in [0.2, 0.25) is 0 Å². The highest BCUT2D eigenvalue weighted by atomic mass is 79.9. The summed E-state index contributed by atoms with van der Waals surface area (Å²) in [5.74, 6) is -1.46. The molecule has 1 fully saturated rings. The third-order valence-electron chi connectivity index (χ3n) is 3.06. The molecule has 5 nitrogen and oxygen atoms in total. The maximum atomic E-state index is 14.2. The number of halogens is 2. The third-order valence-corrected chi connectivity index (χ3v) is 3.84. The Morgan fingerprint density at radius 3 is 3.05 bits per heavy atom. The molecule has 1 N–H and O–H groups in total. The number of carboxylic acids is 1. The number of hydrogen-bond donors (Lipinski definition) is 1. The highest BCUT2D eigenvalue weighted by Gasteiger charge is 2.25. The SMILES string of the molecule is N#Cc1ccc(N2CCOC(CC(=O)O)C2)c(F)c1Br. The number of anilines is 1. The lowest BCUT2D eigenvalue weighted by molar-refractivity contribution is -0.140. The van der Waals surface area contributed by atoms with E-state index in [2.05, 4.69) is 15.9 Å². The van der Waals surface area contributed by atoms with Gasteiger partial charge in [0.15, 0.2) is 5.82 Å². The zero-order chi connectivity index (χ0) is 14.7. The number of carboxylic acid groups (broad SMARTS) is 1. The Labute approximate surface area is 123 Å². The zero-order valence-corrected chi connectivity index (χ0v) is 12.1. The second-order valence-electron chi connectivity index (χ2n) is 4.41. The fourth-order valence-corrected chi connectivity index (χ4v) is 2.55. The van der Waals surface area contributed by atoms with Gasteiger partial charge in [-0.05, 0) is 28.1 Å². The standard InChI is InChI=1S/C13H12BrFN2O3/c14-12-8(6-16)1-2-10(13(12)15)17-3-4-20-9(7-17)5-11(18)19/h1-2,9H,3-5,7H2,(H,18,19). The van der Waals surface area contributed by atoms with Gasteiger partial charge < -0.3 is 14.7 Å². The van der Waals surface area contributed by atoms with Crippen molar-refractivity contribution in [2.24, 2.45) is 0 Å². The first-order valence-corrected chi connectivity index (χ1v) is 6.78. The first-order chi connectivity index (χ1) is 9.52. The number of nitriles is 1. The number of benzene rings is 1. The maximum absolute atomic E-state index is 14.2. The van der Waals surface area contributed by atoms with E-state index >= 15 is 0 Å². The molecule has 1 saturated heterocycles. The number of carbonyl (C=O) groups is 1. The summed E-state index contributed by atoms with van der Waals surface area (Å²) < 4.78 is 19.7. The summed E-state index contributed by atoms with van der Waals surface area (Å²) in [5.41, 5.74) is 0.566. The number of rotatable bonds is 3. The van der Waals surface area contributed by atoms with Crippen LogP contribution < -0.4 is 4.90 Å². The first-order valence-electron chi connectivity index (χ1n) is 5.99.